The van der Waals surface area contributed by atoms with Gasteiger partial charge in [-0.2, -0.15) is 0 Å². The van der Waals surface area contributed by atoms with Crippen LogP contribution in [0.1, 0.15) is 49.3 Å². The first-order chi connectivity index (χ1) is 18.3. The van der Waals surface area contributed by atoms with Gasteiger partial charge in [-0.15, -0.1) is 0 Å². The molecule has 197 valence electrons. The Morgan fingerprint density at radius 1 is 1.21 bits per heavy atom. The summed E-state index contributed by atoms with van der Waals surface area (Å²) < 4.78 is 12.2. The number of fused-ring (bicyclic) bond motifs is 1. The zero-order valence-electron chi connectivity index (χ0n) is 23.1. The number of anilines is 1. The summed E-state index contributed by atoms with van der Waals surface area (Å²) in [5.74, 6) is 2.26. The van der Waals surface area contributed by atoms with Gasteiger partial charge in [-0.1, -0.05) is 30.4 Å². The van der Waals surface area contributed by atoms with E-state index in [-0.39, 0.29) is 29.6 Å². The molecule has 1 aliphatic heterocycles. The van der Waals surface area contributed by atoms with Crippen molar-refractivity contribution in [3.63, 3.8) is 0 Å². The number of aryl methyl sites for hydroxylation is 1. The van der Waals surface area contributed by atoms with Crippen LogP contribution in [-0.4, -0.2) is 63.8 Å². The molecule has 0 saturated heterocycles. The molecule has 1 N–H and O–H groups in total. The number of hydrogen-bond acceptors (Lipinski definition) is 6. The van der Waals surface area contributed by atoms with E-state index >= 15 is 0 Å². The van der Waals surface area contributed by atoms with Crippen molar-refractivity contribution in [2.24, 2.45) is 5.41 Å². The van der Waals surface area contributed by atoms with Gasteiger partial charge in [0.15, 0.2) is 0 Å². The molecule has 1 radical (unpaired) electrons. The number of ether oxygens (including phenoxy) is 1. The first-order valence-electron chi connectivity index (χ1n) is 13.0. The number of hydrogen-bond donors (Lipinski definition) is 1. The van der Waals surface area contributed by atoms with E-state index < -0.39 is 11.4 Å². The number of nitrogens with zero attached hydrogens (tertiary/aromatic N) is 3. The molecular weight excluding hydrogens is 501 g/mol. The van der Waals surface area contributed by atoms with Crippen molar-refractivity contribution in [2.75, 3.05) is 18.1 Å². The van der Waals surface area contributed by atoms with Crippen LogP contribution in [0.2, 0.25) is 0 Å². The molecule has 0 bridgehead atoms. The van der Waals surface area contributed by atoms with Crippen molar-refractivity contribution < 1.29 is 19.1 Å². The van der Waals surface area contributed by atoms with Crippen molar-refractivity contribution in [1.29, 1.82) is 0 Å². The molecule has 0 fully saturated rings. The van der Waals surface area contributed by atoms with Gasteiger partial charge in [0.25, 0.3) is 0 Å². The molecule has 0 amide bonds. The van der Waals surface area contributed by atoms with Crippen molar-refractivity contribution in [2.45, 2.75) is 46.5 Å². The fourth-order valence-electron chi connectivity index (χ4n) is 4.84. The summed E-state index contributed by atoms with van der Waals surface area (Å²) in [6.07, 6.45) is 14.9. The van der Waals surface area contributed by atoms with E-state index in [9.17, 15) is 9.90 Å². The monoisotopic (exact) mass is 534 g/mol. The van der Waals surface area contributed by atoms with Gasteiger partial charge in [-0.25, -0.2) is 9.97 Å². The van der Waals surface area contributed by atoms with Gasteiger partial charge in [-0.3, -0.25) is 4.79 Å². The molecule has 3 heterocycles. The van der Waals surface area contributed by atoms with Crippen LogP contribution in [0.4, 0.5) is 5.82 Å². The maximum Gasteiger partial charge on any atom is 0.309 e. The molecule has 1 aromatic carbocycles. The van der Waals surface area contributed by atoms with Crippen LogP contribution in [0.15, 0.2) is 71.4 Å². The topological polar surface area (TPSA) is 88.7 Å². The Kier molecular flexibility index (Phi) is 9.15. The minimum Gasteiger partial charge on any atom is -0.493 e. The second-order valence-electron chi connectivity index (χ2n) is 10.4. The summed E-state index contributed by atoms with van der Waals surface area (Å²) >= 11 is 0. The Morgan fingerprint density at radius 3 is 2.77 bits per heavy atom. The fourth-order valence-corrected chi connectivity index (χ4v) is 4.84. The molecule has 0 saturated carbocycles. The Balaban J connectivity index is 0.00000353. The van der Waals surface area contributed by atoms with Crippen molar-refractivity contribution in [3.05, 3.63) is 89.6 Å². The summed E-state index contributed by atoms with van der Waals surface area (Å²) in [4.78, 5) is 23.0. The smallest absolute Gasteiger partial charge is 0.309 e. The molecule has 2 aromatic heterocycles. The minimum absolute atomic E-state index is 0. The molecule has 1 aliphatic carbocycles. The van der Waals surface area contributed by atoms with Gasteiger partial charge in [-0.05, 0) is 75.4 Å². The quantitative estimate of drug-likeness (QED) is 0.337. The number of carbonyl (C=O) groups is 1. The van der Waals surface area contributed by atoms with E-state index in [4.69, 9.17) is 14.1 Å². The SMILES string of the molecule is Cc1oc(-c2ccc(N3C=CC=CC3)nc2)nc1CCOc1cccc2c1CCC=C2CC(C)(C)C(=O)O.[Na]. The molecular formula is C31H33N3NaO4. The van der Waals surface area contributed by atoms with Crippen LogP contribution in [0.25, 0.3) is 17.0 Å². The number of pyridine rings is 1. The van der Waals surface area contributed by atoms with Gasteiger partial charge in [0.2, 0.25) is 5.89 Å². The van der Waals surface area contributed by atoms with Gasteiger partial charge in [0, 0.05) is 60.5 Å². The van der Waals surface area contributed by atoms with E-state index in [1.54, 1.807) is 20.0 Å². The van der Waals surface area contributed by atoms with Crippen LogP contribution in [0.3, 0.4) is 0 Å². The largest absolute Gasteiger partial charge is 0.493 e. The number of aliphatic carboxylic acids is 1. The number of carboxylic acid groups (broad SMARTS) is 1. The van der Waals surface area contributed by atoms with E-state index in [0.29, 0.717) is 25.3 Å². The standard InChI is InChI=1S/C31H33N3O4.Na/c1-21-26(33-29(38-21)23-13-14-28(32-20-23)34-16-5-4-6-17-34)15-18-37-27-12-8-10-24-22(9-7-11-25(24)27)19-31(2,3)30(35)36;/h4-6,8-10,12-14,16,20H,7,11,15,17-19H2,1-3H3,(H,35,36);. The summed E-state index contributed by atoms with van der Waals surface area (Å²) in [5.41, 5.74) is 4.19. The molecule has 2 aliphatic rings. The number of carboxylic acids is 1. The fraction of sp³-hybridized carbons (Fsp3) is 0.323. The molecule has 0 atom stereocenters. The van der Waals surface area contributed by atoms with Crippen molar-refractivity contribution in [1.82, 2.24) is 9.97 Å². The van der Waals surface area contributed by atoms with Crippen molar-refractivity contribution >= 4 is 46.9 Å². The zero-order chi connectivity index (χ0) is 26.7. The van der Waals surface area contributed by atoms with Gasteiger partial charge >= 0.3 is 5.97 Å². The molecule has 5 rings (SSSR count). The molecule has 3 aromatic rings. The molecule has 8 heteroatoms. The van der Waals surface area contributed by atoms with E-state index in [1.807, 2.05) is 49.5 Å². The van der Waals surface area contributed by atoms with Crippen LogP contribution in [0.5, 0.6) is 5.75 Å². The number of rotatable bonds is 9. The molecule has 39 heavy (non-hydrogen) atoms. The van der Waals surface area contributed by atoms with Crippen LogP contribution >= 0.6 is 0 Å². The van der Waals surface area contributed by atoms with Crippen LogP contribution < -0.4 is 9.64 Å². The molecule has 7 nitrogen and oxygen atoms in total. The third kappa shape index (κ3) is 6.55. The Hall–Kier alpha value is -3.13. The third-order valence-electron chi connectivity index (χ3n) is 7.07. The van der Waals surface area contributed by atoms with E-state index in [2.05, 4.69) is 28.1 Å². The minimum atomic E-state index is -0.822. The average Bonchev–Trinajstić information content (AvgIpc) is 3.29. The summed E-state index contributed by atoms with van der Waals surface area (Å²) in [6.45, 7) is 6.73. The number of aromatic nitrogens is 2. The number of benzene rings is 1. The summed E-state index contributed by atoms with van der Waals surface area (Å²) in [7, 11) is 0. The maximum atomic E-state index is 11.7. The normalized spacial score (nSPS) is 14.4. The first-order valence-corrected chi connectivity index (χ1v) is 13.0. The Morgan fingerprint density at radius 2 is 2.05 bits per heavy atom. The molecule has 0 spiro atoms. The van der Waals surface area contributed by atoms with Crippen molar-refractivity contribution in [3.8, 4) is 17.2 Å². The maximum absolute atomic E-state index is 11.7. The number of oxazole rings is 1. The van der Waals surface area contributed by atoms with Crippen LogP contribution in [0, 0.1) is 12.3 Å². The first kappa shape index (κ1) is 28.9. The predicted octanol–water partition coefficient (Wildman–Crippen LogP) is 6.01. The summed E-state index contributed by atoms with van der Waals surface area (Å²) in [6, 6.07) is 9.99. The average molecular weight is 535 g/mol. The third-order valence-corrected chi connectivity index (χ3v) is 7.07. The van der Waals surface area contributed by atoms with Gasteiger partial charge < -0.3 is 19.2 Å². The van der Waals surface area contributed by atoms with Gasteiger partial charge in [0.1, 0.15) is 17.3 Å². The van der Waals surface area contributed by atoms with E-state index in [0.717, 1.165) is 64.7 Å². The predicted molar refractivity (Wildman–Crippen MR) is 154 cm³/mol. The zero-order valence-corrected chi connectivity index (χ0v) is 25.1. The Labute approximate surface area is 251 Å². The Bertz CT molecular complexity index is 1420. The second-order valence-corrected chi connectivity index (χ2v) is 10.4. The van der Waals surface area contributed by atoms with Gasteiger partial charge in [0.05, 0.1) is 23.3 Å². The van der Waals surface area contributed by atoms with Crippen LogP contribution in [-0.2, 0) is 17.6 Å². The number of allylic oxidation sites excluding steroid dienone is 4. The van der Waals surface area contributed by atoms with E-state index in [1.165, 1.54) is 0 Å². The molecule has 0 unspecified atom stereocenters. The second kappa shape index (κ2) is 12.4. The summed E-state index contributed by atoms with van der Waals surface area (Å²) in [5, 5.41) is 9.59.